The smallest absolute Gasteiger partial charge is 0.411 e. The molecule has 0 aromatic heterocycles. The zero-order valence-corrected chi connectivity index (χ0v) is 14.9. The van der Waals surface area contributed by atoms with Crippen molar-refractivity contribution in [3.05, 3.63) is 95.6 Å². The summed E-state index contributed by atoms with van der Waals surface area (Å²) in [6.07, 6.45) is -0.528. The van der Waals surface area contributed by atoms with Crippen LogP contribution in [0.2, 0.25) is 0 Å². The molecule has 3 aromatic carbocycles. The van der Waals surface area contributed by atoms with E-state index in [4.69, 9.17) is 9.47 Å². The predicted molar refractivity (Wildman–Crippen MR) is 106 cm³/mol. The molecule has 3 rings (SSSR count). The minimum Gasteiger partial charge on any atom is -0.497 e. The Morgan fingerprint density at radius 2 is 1.59 bits per heavy atom. The second-order valence-corrected chi connectivity index (χ2v) is 5.71. The van der Waals surface area contributed by atoms with Crippen LogP contribution in [0.25, 0.3) is 0 Å². The lowest BCUT2D eigenvalue weighted by Gasteiger charge is -2.09. The number of hydrogen-bond acceptors (Lipinski definition) is 3. The molecule has 0 spiro atoms. The number of para-hydroxylation sites is 1. The molecule has 27 heavy (non-hydrogen) atoms. The highest BCUT2D eigenvalue weighted by atomic mass is 16.5. The minimum absolute atomic E-state index is 0.174. The van der Waals surface area contributed by atoms with E-state index < -0.39 is 6.09 Å². The summed E-state index contributed by atoms with van der Waals surface area (Å²) in [4.78, 5) is 12.1. The molecule has 0 radical (unpaired) electrons. The van der Waals surface area contributed by atoms with Crippen LogP contribution in [0.1, 0.15) is 16.7 Å². The number of amides is 1. The number of carbonyl (C=O) groups excluding carboxylic acids is 1. The summed E-state index contributed by atoms with van der Waals surface area (Å²) in [6, 6.07) is 24.4. The Labute approximate surface area is 158 Å². The van der Waals surface area contributed by atoms with E-state index in [-0.39, 0.29) is 6.61 Å². The normalized spacial score (nSPS) is 9.67. The third kappa shape index (κ3) is 5.38. The largest absolute Gasteiger partial charge is 0.497 e. The van der Waals surface area contributed by atoms with Crippen molar-refractivity contribution in [2.45, 2.75) is 6.61 Å². The van der Waals surface area contributed by atoms with Gasteiger partial charge in [0.15, 0.2) is 0 Å². The molecular formula is C23H19NO3. The Morgan fingerprint density at radius 3 is 2.33 bits per heavy atom. The third-order valence-corrected chi connectivity index (χ3v) is 3.81. The molecular weight excluding hydrogens is 338 g/mol. The van der Waals surface area contributed by atoms with E-state index in [0.717, 1.165) is 22.4 Å². The zero-order valence-electron chi connectivity index (χ0n) is 14.9. The van der Waals surface area contributed by atoms with Crippen molar-refractivity contribution in [3.63, 3.8) is 0 Å². The molecule has 1 N–H and O–H groups in total. The van der Waals surface area contributed by atoms with Gasteiger partial charge in [-0.1, -0.05) is 54.3 Å². The zero-order chi connectivity index (χ0) is 18.9. The molecule has 3 aromatic rings. The number of ether oxygens (including phenoxy) is 2. The fraction of sp³-hybridized carbons (Fsp3) is 0.0870. The summed E-state index contributed by atoms with van der Waals surface area (Å²) in [7, 11) is 1.61. The quantitative estimate of drug-likeness (QED) is 0.680. The van der Waals surface area contributed by atoms with Crippen molar-refractivity contribution in [2.24, 2.45) is 0 Å². The maximum atomic E-state index is 12.1. The van der Waals surface area contributed by atoms with E-state index in [9.17, 15) is 4.79 Å². The average Bonchev–Trinajstić information content (AvgIpc) is 2.73. The van der Waals surface area contributed by atoms with Crippen LogP contribution in [0.15, 0.2) is 78.9 Å². The van der Waals surface area contributed by atoms with Gasteiger partial charge < -0.3 is 9.47 Å². The number of carbonyl (C=O) groups is 1. The first-order chi connectivity index (χ1) is 13.2. The van der Waals surface area contributed by atoms with Gasteiger partial charge in [-0.2, -0.15) is 0 Å². The van der Waals surface area contributed by atoms with Crippen molar-refractivity contribution in [1.82, 2.24) is 0 Å². The van der Waals surface area contributed by atoms with Gasteiger partial charge in [0, 0.05) is 11.1 Å². The number of hydrogen-bond donors (Lipinski definition) is 1. The van der Waals surface area contributed by atoms with Gasteiger partial charge >= 0.3 is 6.09 Å². The van der Waals surface area contributed by atoms with Crippen LogP contribution < -0.4 is 10.1 Å². The molecule has 134 valence electrons. The van der Waals surface area contributed by atoms with Gasteiger partial charge in [0.2, 0.25) is 0 Å². The molecule has 0 aliphatic carbocycles. The first-order valence-corrected chi connectivity index (χ1v) is 8.47. The van der Waals surface area contributed by atoms with Gasteiger partial charge in [-0.15, -0.1) is 0 Å². The van der Waals surface area contributed by atoms with Crippen molar-refractivity contribution in [3.8, 4) is 17.6 Å². The Balaban J connectivity index is 1.63. The van der Waals surface area contributed by atoms with Gasteiger partial charge in [0.25, 0.3) is 0 Å². The maximum absolute atomic E-state index is 12.1. The molecule has 0 heterocycles. The lowest BCUT2D eigenvalue weighted by molar-refractivity contribution is 0.155. The van der Waals surface area contributed by atoms with Crippen LogP contribution in [0.3, 0.4) is 0 Å². The van der Waals surface area contributed by atoms with Crippen LogP contribution in [0.5, 0.6) is 5.75 Å². The first-order valence-electron chi connectivity index (χ1n) is 8.47. The Hall–Kier alpha value is -3.71. The number of nitrogens with one attached hydrogen (secondary N) is 1. The highest BCUT2D eigenvalue weighted by Crippen LogP contribution is 2.15. The van der Waals surface area contributed by atoms with Crippen LogP contribution >= 0.6 is 0 Å². The van der Waals surface area contributed by atoms with Gasteiger partial charge in [0.05, 0.1) is 12.8 Å². The summed E-state index contributed by atoms with van der Waals surface area (Å²) in [5.41, 5.74) is 3.13. The second kappa shape index (κ2) is 9.12. The fourth-order valence-electron chi connectivity index (χ4n) is 2.38. The Kier molecular flexibility index (Phi) is 6.11. The van der Waals surface area contributed by atoms with E-state index >= 15 is 0 Å². The van der Waals surface area contributed by atoms with E-state index in [0.29, 0.717) is 5.69 Å². The topological polar surface area (TPSA) is 47.6 Å². The molecule has 0 unspecified atom stereocenters. The molecule has 0 atom stereocenters. The lowest BCUT2D eigenvalue weighted by atomic mass is 10.1. The van der Waals surface area contributed by atoms with Gasteiger partial charge in [-0.3, -0.25) is 5.32 Å². The molecule has 4 nitrogen and oxygen atoms in total. The summed E-state index contributed by atoms with van der Waals surface area (Å²) >= 11 is 0. The monoisotopic (exact) mass is 357 g/mol. The molecule has 0 fully saturated rings. The molecule has 4 heteroatoms. The van der Waals surface area contributed by atoms with Crippen LogP contribution in [-0.4, -0.2) is 13.2 Å². The summed E-state index contributed by atoms with van der Waals surface area (Å²) in [6.45, 7) is 0.174. The third-order valence-electron chi connectivity index (χ3n) is 3.81. The van der Waals surface area contributed by atoms with Crippen LogP contribution in [0.4, 0.5) is 10.5 Å². The second-order valence-electron chi connectivity index (χ2n) is 5.71. The minimum atomic E-state index is -0.528. The molecule has 0 bridgehead atoms. The summed E-state index contributed by atoms with van der Waals surface area (Å²) < 4.78 is 10.4. The summed E-state index contributed by atoms with van der Waals surface area (Å²) in [5, 5.41) is 2.75. The van der Waals surface area contributed by atoms with Crippen molar-refractivity contribution >= 4 is 11.8 Å². The SMILES string of the molecule is COc1ccc(COC(=O)Nc2ccccc2C#Cc2ccccc2)cc1. The van der Waals surface area contributed by atoms with E-state index in [1.54, 1.807) is 13.2 Å². The fourth-order valence-corrected chi connectivity index (χ4v) is 2.38. The first kappa shape index (κ1) is 18.1. The van der Waals surface area contributed by atoms with E-state index in [2.05, 4.69) is 17.2 Å². The predicted octanol–water partition coefficient (Wildman–Crippen LogP) is 4.84. The van der Waals surface area contributed by atoms with Crippen LogP contribution in [-0.2, 0) is 11.3 Å². The lowest BCUT2D eigenvalue weighted by Crippen LogP contribution is -2.14. The molecule has 0 saturated carbocycles. The Bertz CT molecular complexity index is 954. The van der Waals surface area contributed by atoms with Gasteiger partial charge in [0.1, 0.15) is 12.4 Å². The summed E-state index contributed by atoms with van der Waals surface area (Å²) in [5.74, 6) is 6.93. The van der Waals surface area contributed by atoms with E-state index in [1.165, 1.54) is 0 Å². The maximum Gasteiger partial charge on any atom is 0.411 e. The molecule has 0 aliphatic heterocycles. The van der Waals surface area contributed by atoms with Gasteiger partial charge in [-0.05, 0) is 42.0 Å². The van der Waals surface area contributed by atoms with Crippen molar-refractivity contribution < 1.29 is 14.3 Å². The average molecular weight is 357 g/mol. The van der Waals surface area contributed by atoms with Crippen molar-refractivity contribution in [2.75, 3.05) is 12.4 Å². The highest BCUT2D eigenvalue weighted by Gasteiger charge is 2.07. The number of benzene rings is 3. The van der Waals surface area contributed by atoms with Crippen molar-refractivity contribution in [1.29, 1.82) is 0 Å². The molecule has 1 amide bonds. The molecule has 0 aliphatic rings. The van der Waals surface area contributed by atoms with Crippen LogP contribution in [0, 0.1) is 11.8 Å². The number of rotatable bonds is 4. The Morgan fingerprint density at radius 1 is 0.889 bits per heavy atom. The van der Waals surface area contributed by atoms with Gasteiger partial charge in [-0.25, -0.2) is 4.79 Å². The van der Waals surface area contributed by atoms with E-state index in [1.807, 2.05) is 72.8 Å². The number of anilines is 1. The highest BCUT2D eigenvalue weighted by molar-refractivity contribution is 5.86. The number of methoxy groups -OCH3 is 1. The molecule has 0 saturated heterocycles. The standard InChI is InChI=1S/C23H19NO3/c1-26-21-15-12-19(13-16-21)17-27-23(25)24-22-10-6-5-9-20(22)14-11-18-7-3-2-4-8-18/h2-10,12-13,15-16H,17H2,1H3,(H,24,25).